The highest BCUT2D eigenvalue weighted by Gasteiger charge is 2.57. The average Bonchev–Trinajstić information content (AvgIpc) is 3.26. The number of carbonyl (C=O) groups excluding carboxylic acids is 1. The maximum Gasteiger partial charge on any atom is 0.406 e. The maximum atomic E-state index is 13.0. The van der Waals surface area contributed by atoms with Crippen molar-refractivity contribution in [2.24, 2.45) is 0 Å². The van der Waals surface area contributed by atoms with E-state index < -0.39 is 34.4 Å². The van der Waals surface area contributed by atoms with Crippen LogP contribution < -0.4 is 4.90 Å². The predicted octanol–water partition coefficient (Wildman–Crippen LogP) is 1.97. The topological polar surface area (TPSA) is 76.2 Å². The number of rotatable bonds is 3. The smallest absolute Gasteiger partial charge is 0.338 e. The highest BCUT2D eigenvalue weighted by molar-refractivity contribution is 7.89. The van der Waals surface area contributed by atoms with E-state index in [0.29, 0.717) is 24.4 Å². The Morgan fingerprint density at radius 3 is 2.32 bits per heavy atom. The summed E-state index contributed by atoms with van der Waals surface area (Å²) in [5.74, 6) is -3.02. The van der Waals surface area contributed by atoms with E-state index in [1.165, 1.54) is 22.5 Å². The van der Waals surface area contributed by atoms with Crippen LogP contribution in [0.15, 0.2) is 23.1 Å². The molecule has 3 aliphatic rings. The van der Waals surface area contributed by atoms with Crippen LogP contribution >= 0.6 is 0 Å². The van der Waals surface area contributed by atoms with Crippen LogP contribution in [0.25, 0.3) is 0 Å². The molecule has 0 radical (unpaired) electrons. The van der Waals surface area contributed by atoms with Crippen molar-refractivity contribution in [2.45, 2.75) is 36.1 Å². The molecule has 2 fully saturated rings. The van der Waals surface area contributed by atoms with Gasteiger partial charge in [0.1, 0.15) is 6.54 Å². The summed E-state index contributed by atoms with van der Waals surface area (Å²) in [5.41, 5.74) is -0.0497. The molecule has 1 amide bonds. The van der Waals surface area contributed by atoms with E-state index in [9.17, 15) is 26.4 Å². The molecule has 1 spiro atoms. The van der Waals surface area contributed by atoms with Gasteiger partial charge < -0.3 is 9.47 Å². The Morgan fingerprint density at radius 1 is 1.07 bits per heavy atom. The number of halogens is 3. The number of hydrogen-bond acceptors (Lipinski definition) is 5. The number of ether oxygens (including phenoxy) is 2. The van der Waals surface area contributed by atoms with Crippen molar-refractivity contribution >= 4 is 21.6 Å². The zero-order valence-electron chi connectivity index (χ0n) is 14.9. The number of alkyl halides is 3. The summed E-state index contributed by atoms with van der Waals surface area (Å²) in [7, 11) is -3.82. The monoisotopic (exact) mass is 420 g/mol. The van der Waals surface area contributed by atoms with Crippen molar-refractivity contribution in [1.82, 2.24) is 4.31 Å². The zero-order chi connectivity index (χ0) is 20.2. The lowest BCUT2D eigenvalue weighted by Crippen LogP contribution is -2.49. The van der Waals surface area contributed by atoms with Crippen LogP contribution in [0.3, 0.4) is 0 Å². The maximum absolute atomic E-state index is 13.0. The van der Waals surface area contributed by atoms with E-state index in [2.05, 4.69) is 0 Å². The normalized spacial score (nSPS) is 22.8. The van der Waals surface area contributed by atoms with Crippen molar-refractivity contribution in [3.8, 4) is 0 Å². The van der Waals surface area contributed by atoms with E-state index in [-0.39, 0.29) is 29.4 Å². The predicted molar refractivity (Wildman–Crippen MR) is 91.0 cm³/mol. The fourth-order valence-corrected chi connectivity index (χ4v) is 5.35. The lowest BCUT2D eigenvalue weighted by Gasteiger charge is -2.32. The summed E-state index contributed by atoms with van der Waals surface area (Å²) >= 11 is 0. The Labute approximate surface area is 160 Å². The van der Waals surface area contributed by atoms with Gasteiger partial charge in [0, 0.05) is 18.7 Å². The first kappa shape index (κ1) is 19.6. The lowest BCUT2D eigenvalue weighted by atomic mass is 10.1. The summed E-state index contributed by atoms with van der Waals surface area (Å²) in [6, 6.07) is 3.66. The molecule has 0 aliphatic carbocycles. The standard InChI is InChI=1S/C17H19F3N2O5S/c18-16(19,20)11-22-14-5-4-12(28(24,25)21-6-1-2-7-21)10-13(14)17(15(22)23)26-8-3-9-27-17/h4-5,10H,1-3,6-9,11H2. The van der Waals surface area contributed by atoms with E-state index in [0.717, 1.165) is 12.8 Å². The van der Waals surface area contributed by atoms with Gasteiger partial charge in [-0.25, -0.2) is 8.42 Å². The Bertz CT molecular complexity index is 891. The van der Waals surface area contributed by atoms with Crippen molar-refractivity contribution in [1.29, 1.82) is 0 Å². The van der Waals surface area contributed by atoms with Gasteiger partial charge in [-0.15, -0.1) is 0 Å². The van der Waals surface area contributed by atoms with Crippen LogP contribution in [0, 0.1) is 0 Å². The Kier molecular flexibility index (Phi) is 4.68. The van der Waals surface area contributed by atoms with Crippen molar-refractivity contribution in [3.05, 3.63) is 23.8 Å². The van der Waals surface area contributed by atoms with E-state index in [1.807, 2.05) is 0 Å². The third-order valence-electron chi connectivity index (χ3n) is 5.08. The van der Waals surface area contributed by atoms with Crippen molar-refractivity contribution in [3.63, 3.8) is 0 Å². The summed E-state index contributed by atoms with van der Waals surface area (Å²) < 4.78 is 77.2. The minimum absolute atomic E-state index is 0.00159. The molecule has 0 N–H and O–H groups in total. The van der Waals surface area contributed by atoms with Crippen LogP contribution in [0.1, 0.15) is 24.8 Å². The molecule has 3 heterocycles. The number of anilines is 1. The number of nitrogens with zero attached hydrogens (tertiary/aromatic N) is 2. The molecule has 154 valence electrons. The molecule has 4 rings (SSSR count). The van der Waals surface area contributed by atoms with Crippen molar-refractivity contribution < 1.29 is 35.9 Å². The SMILES string of the molecule is O=C1N(CC(F)(F)F)c2ccc(S(=O)(=O)N3CCCC3)cc2C12OCCCO2. The average molecular weight is 420 g/mol. The Balaban J connectivity index is 1.81. The van der Waals surface area contributed by atoms with Crippen LogP contribution in [0.5, 0.6) is 0 Å². The van der Waals surface area contributed by atoms with Crippen LogP contribution in [-0.2, 0) is 30.1 Å². The Morgan fingerprint density at radius 2 is 1.71 bits per heavy atom. The molecule has 0 bridgehead atoms. The first-order valence-electron chi connectivity index (χ1n) is 8.96. The number of amides is 1. The molecule has 1 aromatic carbocycles. The third kappa shape index (κ3) is 3.10. The molecule has 3 aliphatic heterocycles. The van der Waals surface area contributed by atoms with Gasteiger partial charge in [-0.3, -0.25) is 9.69 Å². The highest BCUT2D eigenvalue weighted by Crippen LogP contribution is 2.47. The van der Waals surface area contributed by atoms with E-state index in [1.54, 1.807) is 0 Å². The highest BCUT2D eigenvalue weighted by atomic mass is 32.2. The minimum Gasteiger partial charge on any atom is -0.338 e. The second-order valence-electron chi connectivity index (χ2n) is 6.96. The second kappa shape index (κ2) is 6.68. The molecule has 28 heavy (non-hydrogen) atoms. The molecule has 0 saturated carbocycles. The van der Waals surface area contributed by atoms with Gasteiger partial charge in [-0.2, -0.15) is 17.5 Å². The number of hydrogen-bond donors (Lipinski definition) is 0. The van der Waals surface area contributed by atoms with Crippen LogP contribution in [-0.4, -0.2) is 57.7 Å². The first-order valence-corrected chi connectivity index (χ1v) is 10.4. The second-order valence-corrected chi connectivity index (χ2v) is 8.90. The third-order valence-corrected chi connectivity index (χ3v) is 6.97. The van der Waals surface area contributed by atoms with E-state index in [4.69, 9.17) is 9.47 Å². The Hall–Kier alpha value is -1.69. The summed E-state index contributed by atoms with van der Waals surface area (Å²) in [4.78, 5) is 13.3. The van der Waals surface area contributed by atoms with Gasteiger partial charge in [0.2, 0.25) is 10.0 Å². The lowest BCUT2D eigenvalue weighted by molar-refractivity contribution is -0.257. The molecular weight excluding hydrogens is 401 g/mol. The van der Waals surface area contributed by atoms with Crippen LogP contribution in [0.2, 0.25) is 0 Å². The van der Waals surface area contributed by atoms with Gasteiger partial charge >= 0.3 is 6.18 Å². The molecule has 11 heteroatoms. The van der Waals surface area contributed by atoms with E-state index >= 15 is 0 Å². The molecule has 1 aromatic rings. The largest absolute Gasteiger partial charge is 0.406 e. The number of sulfonamides is 1. The molecule has 7 nitrogen and oxygen atoms in total. The summed E-state index contributed by atoms with van der Waals surface area (Å²) in [6.45, 7) is -0.499. The zero-order valence-corrected chi connectivity index (χ0v) is 15.7. The molecular formula is C17H19F3N2O5S. The molecule has 0 unspecified atom stereocenters. The van der Waals surface area contributed by atoms with Gasteiger partial charge in [-0.05, 0) is 37.5 Å². The molecule has 2 saturated heterocycles. The number of benzene rings is 1. The molecule has 0 aromatic heterocycles. The van der Waals surface area contributed by atoms with Gasteiger partial charge in [0.25, 0.3) is 11.7 Å². The van der Waals surface area contributed by atoms with Gasteiger partial charge in [0.15, 0.2) is 0 Å². The summed E-state index contributed by atoms with van der Waals surface area (Å²) in [5, 5.41) is 0. The summed E-state index contributed by atoms with van der Waals surface area (Å²) in [6.07, 6.45) is -2.65. The van der Waals surface area contributed by atoms with Crippen molar-refractivity contribution in [2.75, 3.05) is 37.7 Å². The quantitative estimate of drug-likeness (QED) is 0.748. The fraction of sp³-hybridized carbons (Fsp3) is 0.588. The van der Waals surface area contributed by atoms with Gasteiger partial charge in [-0.1, -0.05) is 0 Å². The number of fused-ring (bicyclic) bond motifs is 2. The first-order chi connectivity index (χ1) is 13.2. The fourth-order valence-electron chi connectivity index (χ4n) is 3.80. The van der Waals surface area contributed by atoms with Gasteiger partial charge in [0.05, 0.1) is 23.8 Å². The molecule has 0 atom stereocenters. The van der Waals surface area contributed by atoms with Crippen LogP contribution in [0.4, 0.5) is 18.9 Å². The minimum atomic E-state index is -4.63. The number of carbonyl (C=O) groups is 1.